The van der Waals surface area contributed by atoms with Crippen LogP contribution < -0.4 is 5.32 Å². The standard InChI is InChI=1S/C28H28FN5O3/c1-3-37-28(36)22-17-31-34-25(22)30-16-21(26(34)32-23-11-7-8-18(2)24(23)29)27(35)33-14-12-20(13-15-33)19-9-5-4-6-10-19/h4-11,16-17,20,32H,3,12-15H2,1-2H3. The van der Waals surface area contributed by atoms with Gasteiger partial charge < -0.3 is 15.0 Å². The molecular weight excluding hydrogens is 473 g/mol. The number of rotatable bonds is 6. The molecule has 0 aliphatic carbocycles. The molecule has 0 radical (unpaired) electrons. The molecule has 1 amide bonds. The minimum Gasteiger partial charge on any atom is -0.462 e. The van der Waals surface area contributed by atoms with Gasteiger partial charge in [-0.05, 0) is 49.8 Å². The summed E-state index contributed by atoms with van der Waals surface area (Å²) in [6.45, 7) is 4.75. The van der Waals surface area contributed by atoms with Crippen molar-refractivity contribution in [3.63, 3.8) is 0 Å². The van der Waals surface area contributed by atoms with Crippen LogP contribution in [-0.4, -0.2) is 51.1 Å². The number of esters is 1. The first-order chi connectivity index (χ1) is 18.0. The van der Waals surface area contributed by atoms with Crippen LogP contribution in [-0.2, 0) is 4.74 Å². The summed E-state index contributed by atoms with van der Waals surface area (Å²) in [5.41, 5.74) is 2.55. The Morgan fingerprint density at radius 2 is 1.81 bits per heavy atom. The van der Waals surface area contributed by atoms with E-state index in [-0.39, 0.29) is 40.8 Å². The van der Waals surface area contributed by atoms with Crippen LogP contribution in [0.1, 0.15) is 57.5 Å². The molecule has 0 atom stereocenters. The number of piperidine rings is 1. The molecule has 9 heteroatoms. The Bertz CT molecular complexity index is 1450. The number of fused-ring (bicyclic) bond motifs is 1. The monoisotopic (exact) mass is 501 g/mol. The lowest BCUT2D eigenvalue weighted by atomic mass is 9.89. The highest BCUT2D eigenvalue weighted by Gasteiger charge is 2.29. The van der Waals surface area contributed by atoms with Gasteiger partial charge in [0.2, 0.25) is 0 Å². The van der Waals surface area contributed by atoms with Gasteiger partial charge in [-0.1, -0.05) is 42.5 Å². The summed E-state index contributed by atoms with van der Waals surface area (Å²) < 4.78 is 21.4. The summed E-state index contributed by atoms with van der Waals surface area (Å²) in [5.74, 6) is -0.611. The highest BCUT2D eigenvalue weighted by molar-refractivity contribution is 6.01. The fraction of sp³-hybridized carbons (Fsp3) is 0.286. The van der Waals surface area contributed by atoms with Crippen molar-refractivity contribution in [2.24, 2.45) is 0 Å². The topological polar surface area (TPSA) is 88.8 Å². The van der Waals surface area contributed by atoms with E-state index >= 15 is 0 Å². The van der Waals surface area contributed by atoms with Gasteiger partial charge >= 0.3 is 5.97 Å². The van der Waals surface area contributed by atoms with Crippen molar-refractivity contribution < 1.29 is 18.7 Å². The normalized spacial score (nSPS) is 14.1. The third-order valence-electron chi connectivity index (χ3n) is 6.75. The largest absolute Gasteiger partial charge is 0.462 e. The molecule has 2 aromatic carbocycles. The first kappa shape index (κ1) is 24.4. The molecule has 0 spiro atoms. The number of carbonyl (C=O) groups excluding carboxylic acids is 2. The van der Waals surface area contributed by atoms with Crippen molar-refractivity contribution >= 4 is 29.0 Å². The van der Waals surface area contributed by atoms with Gasteiger partial charge in [-0.2, -0.15) is 9.61 Å². The van der Waals surface area contributed by atoms with Crippen LogP contribution in [0.4, 0.5) is 15.9 Å². The second-order valence-corrected chi connectivity index (χ2v) is 9.07. The van der Waals surface area contributed by atoms with E-state index in [0.29, 0.717) is 24.6 Å². The number of halogens is 1. The molecule has 190 valence electrons. The zero-order valence-electron chi connectivity index (χ0n) is 20.8. The van der Waals surface area contributed by atoms with Gasteiger partial charge in [0.05, 0.1) is 18.5 Å². The minimum atomic E-state index is -0.570. The van der Waals surface area contributed by atoms with Crippen molar-refractivity contribution in [2.75, 3.05) is 25.0 Å². The summed E-state index contributed by atoms with van der Waals surface area (Å²) >= 11 is 0. The average Bonchev–Trinajstić information content (AvgIpc) is 3.36. The van der Waals surface area contributed by atoms with Crippen molar-refractivity contribution in [3.05, 3.63) is 89.0 Å². The van der Waals surface area contributed by atoms with Crippen LogP contribution in [0.25, 0.3) is 5.65 Å². The van der Waals surface area contributed by atoms with Gasteiger partial charge in [0, 0.05) is 19.3 Å². The fourth-order valence-electron chi connectivity index (χ4n) is 4.74. The number of aromatic nitrogens is 3. The van der Waals surface area contributed by atoms with E-state index in [9.17, 15) is 14.0 Å². The Hall–Kier alpha value is -4.27. The van der Waals surface area contributed by atoms with E-state index in [2.05, 4.69) is 27.5 Å². The Kier molecular flexibility index (Phi) is 6.85. The van der Waals surface area contributed by atoms with E-state index in [1.807, 2.05) is 18.2 Å². The zero-order chi connectivity index (χ0) is 25.9. The van der Waals surface area contributed by atoms with Gasteiger partial charge in [0.15, 0.2) is 5.65 Å². The number of nitrogens with zero attached hydrogens (tertiary/aromatic N) is 4. The van der Waals surface area contributed by atoms with Crippen LogP contribution in [0.15, 0.2) is 60.9 Å². The summed E-state index contributed by atoms with van der Waals surface area (Å²) in [6.07, 6.45) is 4.45. The van der Waals surface area contributed by atoms with E-state index in [1.165, 1.54) is 22.5 Å². The maximum atomic E-state index is 14.9. The quantitative estimate of drug-likeness (QED) is 0.369. The second-order valence-electron chi connectivity index (χ2n) is 9.07. The molecule has 0 saturated carbocycles. The van der Waals surface area contributed by atoms with E-state index in [4.69, 9.17) is 4.74 Å². The molecule has 0 unspecified atom stereocenters. The van der Waals surface area contributed by atoms with E-state index < -0.39 is 11.8 Å². The third-order valence-corrected chi connectivity index (χ3v) is 6.75. The number of benzene rings is 2. The Morgan fingerprint density at radius 3 is 2.54 bits per heavy atom. The van der Waals surface area contributed by atoms with Gasteiger partial charge in [0.25, 0.3) is 5.91 Å². The lowest BCUT2D eigenvalue weighted by Crippen LogP contribution is -2.38. The number of aryl methyl sites for hydroxylation is 1. The predicted octanol–water partition coefficient (Wildman–Crippen LogP) is 5.12. The average molecular weight is 502 g/mol. The van der Waals surface area contributed by atoms with Crippen molar-refractivity contribution in [1.82, 2.24) is 19.5 Å². The molecule has 5 rings (SSSR count). The highest BCUT2D eigenvalue weighted by Crippen LogP contribution is 2.31. The molecule has 1 aliphatic heterocycles. The number of ether oxygens (including phenoxy) is 1. The molecule has 0 bridgehead atoms. The lowest BCUT2D eigenvalue weighted by Gasteiger charge is -2.32. The summed E-state index contributed by atoms with van der Waals surface area (Å²) in [6, 6.07) is 15.3. The molecule has 1 saturated heterocycles. The van der Waals surface area contributed by atoms with Gasteiger partial charge in [-0.15, -0.1) is 0 Å². The van der Waals surface area contributed by atoms with Gasteiger partial charge in [0.1, 0.15) is 22.8 Å². The van der Waals surface area contributed by atoms with E-state index in [1.54, 1.807) is 36.9 Å². The van der Waals surface area contributed by atoms with Gasteiger partial charge in [-0.25, -0.2) is 14.2 Å². The number of nitrogens with one attached hydrogen (secondary N) is 1. The number of anilines is 2. The smallest absolute Gasteiger partial charge is 0.343 e. The first-order valence-electron chi connectivity index (χ1n) is 12.4. The molecule has 1 fully saturated rings. The lowest BCUT2D eigenvalue weighted by molar-refractivity contribution is 0.0528. The third kappa shape index (κ3) is 4.76. The molecule has 8 nitrogen and oxygen atoms in total. The SMILES string of the molecule is CCOC(=O)c1cnn2c(Nc3cccc(C)c3F)c(C(=O)N3CCC(c4ccccc4)CC3)cnc12. The number of likely N-dealkylation sites (tertiary alicyclic amines) is 1. The number of amides is 1. The molecule has 3 heterocycles. The predicted molar refractivity (Wildman–Crippen MR) is 138 cm³/mol. The fourth-order valence-corrected chi connectivity index (χ4v) is 4.74. The van der Waals surface area contributed by atoms with Gasteiger partial charge in [-0.3, -0.25) is 4.79 Å². The molecule has 2 aromatic heterocycles. The van der Waals surface area contributed by atoms with Crippen LogP contribution in [0.2, 0.25) is 0 Å². The van der Waals surface area contributed by atoms with Crippen LogP contribution in [0.3, 0.4) is 0 Å². The van der Waals surface area contributed by atoms with Crippen LogP contribution in [0, 0.1) is 12.7 Å². The summed E-state index contributed by atoms with van der Waals surface area (Å²) in [5, 5.41) is 7.36. The number of hydrogen-bond acceptors (Lipinski definition) is 6. The molecule has 1 aliphatic rings. The number of carbonyl (C=O) groups is 2. The second kappa shape index (κ2) is 10.4. The molecule has 1 N–H and O–H groups in total. The van der Waals surface area contributed by atoms with Crippen LogP contribution in [0.5, 0.6) is 0 Å². The molecule has 4 aromatic rings. The maximum Gasteiger partial charge on any atom is 0.343 e. The van der Waals surface area contributed by atoms with Crippen molar-refractivity contribution in [2.45, 2.75) is 32.6 Å². The van der Waals surface area contributed by atoms with E-state index in [0.717, 1.165) is 12.8 Å². The minimum absolute atomic E-state index is 0.164. The summed E-state index contributed by atoms with van der Waals surface area (Å²) in [4.78, 5) is 32.3. The van der Waals surface area contributed by atoms with Crippen molar-refractivity contribution in [1.29, 1.82) is 0 Å². The first-order valence-corrected chi connectivity index (χ1v) is 12.4. The van der Waals surface area contributed by atoms with Crippen molar-refractivity contribution in [3.8, 4) is 0 Å². The molecule has 37 heavy (non-hydrogen) atoms. The van der Waals surface area contributed by atoms with Crippen LogP contribution >= 0.6 is 0 Å². The maximum absolute atomic E-state index is 14.9. The highest BCUT2D eigenvalue weighted by atomic mass is 19.1. The Morgan fingerprint density at radius 1 is 1.05 bits per heavy atom. The zero-order valence-corrected chi connectivity index (χ0v) is 20.8. The Balaban J connectivity index is 1.50. The number of hydrogen-bond donors (Lipinski definition) is 1. The molecular formula is C28H28FN5O3. The Labute approximate surface area is 214 Å². The summed E-state index contributed by atoms with van der Waals surface area (Å²) in [7, 11) is 0.